The van der Waals surface area contributed by atoms with Crippen molar-refractivity contribution in [2.24, 2.45) is 0 Å². The molecule has 3 rings (SSSR count). The van der Waals surface area contributed by atoms with Gasteiger partial charge >= 0.3 is 0 Å². The third kappa shape index (κ3) is 5.42. The SMILES string of the molecule is CCN(Cc1ccc(OC)c(F)c1)C(=O)CN1CCN(c2ccc(OC)cc2)CC1. The molecule has 0 spiro atoms. The number of benzene rings is 2. The number of anilines is 1. The molecule has 1 heterocycles. The van der Waals surface area contributed by atoms with Gasteiger partial charge in [0.25, 0.3) is 0 Å². The van der Waals surface area contributed by atoms with E-state index in [9.17, 15) is 9.18 Å². The second-order valence-electron chi connectivity index (χ2n) is 7.34. The molecule has 1 aliphatic rings. The van der Waals surface area contributed by atoms with Crippen molar-refractivity contribution in [3.63, 3.8) is 0 Å². The number of methoxy groups -OCH3 is 2. The zero-order valence-electron chi connectivity index (χ0n) is 17.9. The Bertz CT molecular complexity index is 836. The number of carbonyl (C=O) groups excluding carboxylic acids is 1. The Hall–Kier alpha value is -2.80. The van der Waals surface area contributed by atoms with E-state index in [1.165, 1.54) is 18.9 Å². The van der Waals surface area contributed by atoms with Crippen molar-refractivity contribution < 1.29 is 18.7 Å². The summed E-state index contributed by atoms with van der Waals surface area (Å²) in [7, 11) is 3.10. The van der Waals surface area contributed by atoms with Gasteiger partial charge in [-0.3, -0.25) is 9.69 Å². The number of rotatable bonds is 8. The maximum Gasteiger partial charge on any atom is 0.237 e. The van der Waals surface area contributed by atoms with E-state index in [-0.39, 0.29) is 11.7 Å². The topological polar surface area (TPSA) is 45.2 Å². The molecule has 1 saturated heterocycles. The Kier molecular flexibility index (Phi) is 7.52. The van der Waals surface area contributed by atoms with Crippen molar-refractivity contribution in [3.8, 4) is 11.5 Å². The molecule has 2 aromatic rings. The summed E-state index contributed by atoms with van der Waals surface area (Å²) in [4.78, 5) is 19.1. The van der Waals surface area contributed by atoms with Gasteiger partial charge in [0.05, 0.1) is 20.8 Å². The zero-order valence-corrected chi connectivity index (χ0v) is 17.9. The van der Waals surface area contributed by atoms with Gasteiger partial charge in [-0.1, -0.05) is 6.07 Å². The molecule has 0 atom stereocenters. The fourth-order valence-corrected chi connectivity index (χ4v) is 3.65. The van der Waals surface area contributed by atoms with Gasteiger partial charge in [-0.05, 0) is 48.9 Å². The summed E-state index contributed by atoms with van der Waals surface area (Å²) in [6.07, 6.45) is 0. The van der Waals surface area contributed by atoms with Crippen LogP contribution in [0.2, 0.25) is 0 Å². The molecule has 0 unspecified atom stereocenters. The van der Waals surface area contributed by atoms with E-state index in [1.54, 1.807) is 24.1 Å². The smallest absolute Gasteiger partial charge is 0.237 e. The van der Waals surface area contributed by atoms with Crippen molar-refractivity contribution in [1.82, 2.24) is 9.80 Å². The van der Waals surface area contributed by atoms with Crippen LogP contribution in [0, 0.1) is 5.82 Å². The van der Waals surface area contributed by atoms with Crippen LogP contribution in [0.3, 0.4) is 0 Å². The Labute approximate surface area is 177 Å². The van der Waals surface area contributed by atoms with Crippen LogP contribution in [-0.4, -0.2) is 69.2 Å². The van der Waals surface area contributed by atoms with Crippen molar-refractivity contribution in [3.05, 3.63) is 53.8 Å². The lowest BCUT2D eigenvalue weighted by Gasteiger charge is -2.36. The lowest BCUT2D eigenvalue weighted by atomic mass is 10.2. The number of ether oxygens (including phenoxy) is 2. The van der Waals surface area contributed by atoms with E-state index in [0.29, 0.717) is 19.6 Å². The first-order valence-electron chi connectivity index (χ1n) is 10.3. The van der Waals surface area contributed by atoms with E-state index in [2.05, 4.69) is 21.9 Å². The van der Waals surface area contributed by atoms with E-state index < -0.39 is 5.82 Å². The molecule has 0 radical (unpaired) electrons. The van der Waals surface area contributed by atoms with Gasteiger partial charge in [-0.15, -0.1) is 0 Å². The number of carbonyl (C=O) groups is 1. The van der Waals surface area contributed by atoms with Crippen molar-refractivity contribution in [2.75, 3.05) is 58.4 Å². The number of hydrogen-bond acceptors (Lipinski definition) is 5. The van der Waals surface area contributed by atoms with Crippen LogP contribution < -0.4 is 14.4 Å². The monoisotopic (exact) mass is 415 g/mol. The minimum Gasteiger partial charge on any atom is -0.497 e. The molecule has 7 heteroatoms. The predicted molar refractivity (Wildman–Crippen MR) is 116 cm³/mol. The molecule has 0 N–H and O–H groups in total. The molecule has 1 aliphatic heterocycles. The second kappa shape index (κ2) is 10.3. The predicted octanol–water partition coefficient (Wildman–Crippen LogP) is 3.01. The van der Waals surface area contributed by atoms with Crippen molar-refractivity contribution >= 4 is 11.6 Å². The molecular weight excluding hydrogens is 385 g/mol. The van der Waals surface area contributed by atoms with Crippen molar-refractivity contribution in [2.45, 2.75) is 13.5 Å². The van der Waals surface area contributed by atoms with Gasteiger partial charge in [0.1, 0.15) is 5.75 Å². The minimum atomic E-state index is -0.409. The van der Waals surface area contributed by atoms with E-state index in [0.717, 1.165) is 37.5 Å². The molecule has 2 aromatic carbocycles. The highest BCUT2D eigenvalue weighted by atomic mass is 19.1. The summed E-state index contributed by atoms with van der Waals surface area (Å²) >= 11 is 0. The van der Waals surface area contributed by atoms with Crippen LogP contribution in [0.5, 0.6) is 11.5 Å². The number of amides is 1. The molecule has 0 aliphatic carbocycles. The summed E-state index contributed by atoms with van der Waals surface area (Å²) < 4.78 is 24.1. The standard InChI is InChI=1S/C23H30FN3O3/c1-4-26(16-18-5-10-22(30-3)21(24)15-18)23(28)17-25-11-13-27(14-12-25)19-6-8-20(29-2)9-7-19/h5-10,15H,4,11-14,16-17H2,1-3H3. The normalized spacial score (nSPS) is 14.5. The van der Waals surface area contributed by atoms with Crippen molar-refractivity contribution in [1.29, 1.82) is 0 Å². The lowest BCUT2D eigenvalue weighted by molar-refractivity contribution is -0.132. The minimum absolute atomic E-state index is 0.0617. The fourth-order valence-electron chi connectivity index (χ4n) is 3.65. The van der Waals surface area contributed by atoms with E-state index >= 15 is 0 Å². The number of hydrogen-bond donors (Lipinski definition) is 0. The van der Waals surface area contributed by atoms with E-state index in [1.807, 2.05) is 19.1 Å². The summed E-state index contributed by atoms with van der Waals surface area (Å²) in [6.45, 7) is 6.69. The molecule has 1 fully saturated rings. The first-order chi connectivity index (χ1) is 14.5. The Morgan fingerprint density at radius 1 is 1.03 bits per heavy atom. The quantitative estimate of drug-likeness (QED) is 0.663. The number of piperazine rings is 1. The number of nitrogens with zero attached hydrogens (tertiary/aromatic N) is 3. The second-order valence-corrected chi connectivity index (χ2v) is 7.34. The van der Waals surface area contributed by atoms with Gasteiger partial charge in [-0.25, -0.2) is 4.39 Å². The molecule has 0 aromatic heterocycles. The summed E-state index contributed by atoms with van der Waals surface area (Å²) in [5.41, 5.74) is 1.92. The maximum atomic E-state index is 13.9. The third-order valence-corrected chi connectivity index (χ3v) is 5.49. The molecule has 0 saturated carbocycles. The summed E-state index contributed by atoms with van der Waals surface area (Å²) in [5, 5.41) is 0. The van der Waals surface area contributed by atoms with Crippen LogP contribution >= 0.6 is 0 Å². The lowest BCUT2D eigenvalue weighted by Crippen LogP contribution is -2.50. The van der Waals surface area contributed by atoms with Crippen LogP contribution in [-0.2, 0) is 11.3 Å². The van der Waals surface area contributed by atoms with Gasteiger partial charge in [0.2, 0.25) is 5.91 Å². The average molecular weight is 416 g/mol. The molecule has 30 heavy (non-hydrogen) atoms. The van der Waals surface area contributed by atoms with Crippen LogP contribution in [0.15, 0.2) is 42.5 Å². The maximum absolute atomic E-state index is 13.9. The highest BCUT2D eigenvalue weighted by molar-refractivity contribution is 5.78. The molecule has 6 nitrogen and oxygen atoms in total. The van der Waals surface area contributed by atoms with Gasteiger partial charge in [0.15, 0.2) is 11.6 Å². The average Bonchev–Trinajstić information content (AvgIpc) is 2.78. The van der Waals surface area contributed by atoms with Crippen LogP contribution in [0.4, 0.5) is 10.1 Å². The highest BCUT2D eigenvalue weighted by Crippen LogP contribution is 2.21. The molecule has 1 amide bonds. The number of likely N-dealkylation sites (N-methyl/N-ethyl adjacent to an activating group) is 1. The zero-order chi connectivity index (χ0) is 21.5. The molecular formula is C23H30FN3O3. The van der Waals surface area contributed by atoms with Crippen LogP contribution in [0.25, 0.3) is 0 Å². The molecule has 162 valence electrons. The third-order valence-electron chi connectivity index (χ3n) is 5.49. The van der Waals surface area contributed by atoms with Gasteiger partial charge in [0, 0.05) is 45.0 Å². The first kappa shape index (κ1) is 21.9. The van der Waals surface area contributed by atoms with Gasteiger partial charge < -0.3 is 19.3 Å². The Morgan fingerprint density at radius 2 is 1.73 bits per heavy atom. The Morgan fingerprint density at radius 3 is 2.30 bits per heavy atom. The first-order valence-corrected chi connectivity index (χ1v) is 10.3. The summed E-state index contributed by atoms with van der Waals surface area (Å²) in [5.74, 6) is 0.710. The fraction of sp³-hybridized carbons (Fsp3) is 0.435. The highest BCUT2D eigenvalue weighted by Gasteiger charge is 2.22. The Balaban J connectivity index is 1.51. The van der Waals surface area contributed by atoms with E-state index in [4.69, 9.17) is 9.47 Å². The summed E-state index contributed by atoms with van der Waals surface area (Å²) in [6, 6.07) is 12.9. The largest absolute Gasteiger partial charge is 0.497 e. The van der Waals surface area contributed by atoms with Gasteiger partial charge in [-0.2, -0.15) is 0 Å². The van der Waals surface area contributed by atoms with Crippen LogP contribution in [0.1, 0.15) is 12.5 Å². The number of halogens is 1. The molecule has 0 bridgehead atoms.